The Morgan fingerprint density at radius 2 is 1.89 bits per heavy atom. The van der Waals surface area contributed by atoms with Crippen molar-refractivity contribution in [1.82, 2.24) is 4.72 Å². The molecule has 18 heavy (non-hydrogen) atoms. The van der Waals surface area contributed by atoms with Gasteiger partial charge in [0.2, 0.25) is 10.0 Å². The molecular weight excluding hydrogens is 262 g/mol. The van der Waals surface area contributed by atoms with Gasteiger partial charge >= 0.3 is 11.9 Å². The summed E-state index contributed by atoms with van der Waals surface area (Å²) in [6.07, 6.45) is 0.0727. The maximum absolute atomic E-state index is 11.6. The van der Waals surface area contributed by atoms with E-state index in [0.717, 1.165) is 0 Å². The number of ether oxygens (including phenoxy) is 1. The number of rotatable bonds is 8. The van der Waals surface area contributed by atoms with Gasteiger partial charge in [0.25, 0.3) is 0 Å². The first kappa shape index (κ1) is 16.9. The van der Waals surface area contributed by atoms with Gasteiger partial charge in [0.05, 0.1) is 12.9 Å². The second-order valence-electron chi connectivity index (χ2n) is 4.18. The van der Waals surface area contributed by atoms with Gasteiger partial charge in [-0.05, 0) is 12.3 Å². The van der Waals surface area contributed by atoms with E-state index >= 15 is 0 Å². The first-order chi connectivity index (χ1) is 8.19. The molecule has 0 unspecified atom stereocenters. The summed E-state index contributed by atoms with van der Waals surface area (Å²) in [6.45, 7) is 3.21. The molecule has 7 nitrogen and oxygen atoms in total. The van der Waals surface area contributed by atoms with Gasteiger partial charge in [-0.2, -0.15) is 0 Å². The number of aliphatic carboxylic acids is 1. The molecule has 0 spiro atoms. The van der Waals surface area contributed by atoms with Crippen LogP contribution in [-0.4, -0.2) is 44.4 Å². The number of sulfonamides is 1. The second kappa shape index (κ2) is 7.32. The number of carbonyl (C=O) groups is 2. The fraction of sp³-hybridized carbons (Fsp3) is 0.800. The van der Waals surface area contributed by atoms with Crippen LogP contribution in [0.2, 0.25) is 0 Å². The van der Waals surface area contributed by atoms with Gasteiger partial charge in [0, 0.05) is 6.42 Å². The maximum Gasteiger partial charge on any atom is 0.321 e. The first-order valence-electron chi connectivity index (χ1n) is 5.49. The monoisotopic (exact) mass is 281 g/mol. The number of methoxy groups -OCH3 is 1. The predicted octanol–water partition coefficient (Wildman–Crippen LogP) is -0.0318. The molecule has 2 N–H and O–H groups in total. The van der Waals surface area contributed by atoms with Crippen molar-refractivity contribution in [1.29, 1.82) is 0 Å². The smallest absolute Gasteiger partial charge is 0.321 e. The first-order valence-corrected chi connectivity index (χ1v) is 7.14. The summed E-state index contributed by atoms with van der Waals surface area (Å²) in [5.41, 5.74) is 0. The number of carbonyl (C=O) groups excluding carboxylic acids is 1. The molecule has 0 rings (SSSR count). The quantitative estimate of drug-likeness (QED) is 0.604. The average molecular weight is 281 g/mol. The Bertz CT molecular complexity index is 389. The molecule has 0 amide bonds. The summed E-state index contributed by atoms with van der Waals surface area (Å²) < 4.78 is 29.7. The van der Waals surface area contributed by atoms with E-state index in [2.05, 4.69) is 9.46 Å². The minimum Gasteiger partial charge on any atom is -0.480 e. The highest BCUT2D eigenvalue weighted by atomic mass is 32.2. The Hall–Kier alpha value is -1.15. The van der Waals surface area contributed by atoms with Crippen LogP contribution in [0.15, 0.2) is 0 Å². The van der Waals surface area contributed by atoms with Crippen LogP contribution in [-0.2, 0) is 24.3 Å². The van der Waals surface area contributed by atoms with Crippen LogP contribution in [0, 0.1) is 5.92 Å². The minimum atomic E-state index is -3.71. The van der Waals surface area contributed by atoms with Crippen LogP contribution < -0.4 is 4.72 Å². The standard InChI is InChI=1S/C10H19NO6S/c1-7(2)9(10(13)14)11-18(15,16)6-4-5-8(12)17-3/h7,9,11H,4-6H2,1-3H3,(H,13,14)/t9-/m1/s1. The van der Waals surface area contributed by atoms with Gasteiger partial charge in [-0.15, -0.1) is 0 Å². The maximum atomic E-state index is 11.6. The van der Waals surface area contributed by atoms with E-state index in [-0.39, 0.29) is 24.5 Å². The van der Waals surface area contributed by atoms with Gasteiger partial charge in [-0.25, -0.2) is 13.1 Å². The molecule has 0 aromatic carbocycles. The van der Waals surface area contributed by atoms with Crippen LogP contribution in [0.5, 0.6) is 0 Å². The molecule has 0 heterocycles. The molecule has 1 atom stereocenters. The molecule has 0 fully saturated rings. The molecule has 0 bridgehead atoms. The third-order valence-corrected chi connectivity index (χ3v) is 3.70. The molecule has 0 aromatic rings. The minimum absolute atomic E-state index is 0.0170. The van der Waals surface area contributed by atoms with E-state index in [4.69, 9.17) is 5.11 Å². The molecule has 0 saturated carbocycles. The van der Waals surface area contributed by atoms with Crippen molar-refractivity contribution in [2.75, 3.05) is 12.9 Å². The molecule has 106 valence electrons. The molecule has 0 saturated heterocycles. The summed E-state index contributed by atoms with van der Waals surface area (Å²) in [4.78, 5) is 21.7. The summed E-state index contributed by atoms with van der Waals surface area (Å²) in [5.74, 6) is -2.39. The highest BCUT2D eigenvalue weighted by Crippen LogP contribution is 2.05. The van der Waals surface area contributed by atoms with Crippen molar-refractivity contribution in [2.24, 2.45) is 5.92 Å². The van der Waals surface area contributed by atoms with E-state index in [1.165, 1.54) is 7.11 Å². The lowest BCUT2D eigenvalue weighted by Gasteiger charge is -2.17. The highest BCUT2D eigenvalue weighted by molar-refractivity contribution is 7.89. The number of carboxylic acid groups (broad SMARTS) is 1. The zero-order chi connectivity index (χ0) is 14.3. The van der Waals surface area contributed by atoms with Crippen molar-refractivity contribution in [3.05, 3.63) is 0 Å². The van der Waals surface area contributed by atoms with Gasteiger partial charge in [-0.1, -0.05) is 13.8 Å². The molecule has 0 radical (unpaired) electrons. The lowest BCUT2D eigenvalue weighted by molar-refractivity contribution is -0.141. The number of carboxylic acids is 1. The fourth-order valence-electron chi connectivity index (χ4n) is 1.23. The SMILES string of the molecule is COC(=O)CCCS(=O)(=O)N[C@@H](C(=O)O)C(C)C. The summed E-state index contributed by atoms with van der Waals surface area (Å²) >= 11 is 0. The summed E-state index contributed by atoms with van der Waals surface area (Å²) in [6, 6.07) is -1.16. The summed E-state index contributed by atoms with van der Waals surface area (Å²) in [7, 11) is -2.50. The van der Waals surface area contributed by atoms with E-state index in [0.29, 0.717) is 0 Å². The predicted molar refractivity (Wildman–Crippen MR) is 64.4 cm³/mol. The van der Waals surface area contributed by atoms with Gasteiger partial charge in [0.1, 0.15) is 6.04 Å². The van der Waals surface area contributed by atoms with Crippen molar-refractivity contribution >= 4 is 22.0 Å². The number of hydrogen-bond acceptors (Lipinski definition) is 5. The van der Waals surface area contributed by atoms with E-state index in [9.17, 15) is 18.0 Å². The Kier molecular flexibility index (Phi) is 6.85. The third kappa shape index (κ3) is 6.55. The number of esters is 1. The lowest BCUT2D eigenvalue weighted by atomic mass is 10.1. The third-order valence-electron chi connectivity index (χ3n) is 2.26. The Morgan fingerprint density at radius 3 is 2.28 bits per heavy atom. The normalized spacial score (nSPS) is 13.3. The van der Waals surface area contributed by atoms with Crippen molar-refractivity contribution in [3.8, 4) is 0 Å². The number of hydrogen-bond donors (Lipinski definition) is 2. The molecule has 8 heteroatoms. The van der Waals surface area contributed by atoms with Crippen LogP contribution in [0.3, 0.4) is 0 Å². The number of nitrogens with one attached hydrogen (secondary N) is 1. The fourth-order valence-corrected chi connectivity index (χ4v) is 2.63. The lowest BCUT2D eigenvalue weighted by Crippen LogP contribution is -2.45. The van der Waals surface area contributed by atoms with Crippen molar-refractivity contribution in [3.63, 3.8) is 0 Å². The van der Waals surface area contributed by atoms with Gasteiger partial charge in [0.15, 0.2) is 0 Å². The largest absolute Gasteiger partial charge is 0.480 e. The van der Waals surface area contributed by atoms with Gasteiger partial charge < -0.3 is 9.84 Å². The topological polar surface area (TPSA) is 110 Å². The van der Waals surface area contributed by atoms with Gasteiger partial charge in [-0.3, -0.25) is 9.59 Å². The molecule has 0 aliphatic carbocycles. The molecule has 0 aliphatic heterocycles. The molecule has 0 aromatic heterocycles. The zero-order valence-electron chi connectivity index (χ0n) is 10.7. The van der Waals surface area contributed by atoms with E-state index in [1.54, 1.807) is 13.8 Å². The van der Waals surface area contributed by atoms with Crippen molar-refractivity contribution in [2.45, 2.75) is 32.7 Å². The molecular formula is C10H19NO6S. The van der Waals surface area contributed by atoms with Crippen LogP contribution >= 0.6 is 0 Å². The Balaban J connectivity index is 4.38. The van der Waals surface area contributed by atoms with E-state index < -0.39 is 28.0 Å². The second-order valence-corrected chi connectivity index (χ2v) is 6.05. The highest BCUT2D eigenvalue weighted by Gasteiger charge is 2.26. The van der Waals surface area contributed by atoms with E-state index in [1.807, 2.05) is 0 Å². The Morgan fingerprint density at radius 1 is 1.33 bits per heavy atom. The van der Waals surface area contributed by atoms with Crippen LogP contribution in [0.1, 0.15) is 26.7 Å². The molecule has 0 aliphatic rings. The van der Waals surface area contributed by atoms with Crippen LogP contribution in [0.25, 0.3) is 0 Å². The average Bonchev–Trinajstić information content (AvgIpc) is 2.24. The summed E-state index contributed by atoms with van der Waals surface area (Å²) in [5, 5.41) is 8.86. The zero-order valence-corrected chi connectivity index (χ0v) is 11.5. The Labute approximate surface area is 107 Å². The van der Waals surface area contributed by atoms with Crippen molar-refractivity contribution < 1.29 is 27.9 Å². The van der Waals surface area contributed by atoms with Crippen LogP contribution in [0.4, 0.5) is 0 Å².